The van der Waals surface area contributed by atoms with Gasteiger partial charge in [0.05, 0.1) is 16.8 Å². The number of alkyl halides is 3. The van der Waals surface area contributed by atoms with Crippen LogP contribution < -0.4 is 15.8 Å². The van der Waals surface area contributed by atoms with Gasteiger partial charge in [0.2, 0.25) is 0 Å². The van der Waals surface area contributed by atoms with Gasteiger partial charge in [-0.05, 0) is 42.5 Å². The van der Waals surface area contributed by atoms with Crippen molar-refractivity contribution >= 4 is 17.5 Å². The first-order valence-electron chi connectivity index (χ1n) is 8.60. The molecule has 0 bridgehead atoms. The molecule has 0 fully saturated rings. The van der Waals surface area contributed by atoms with E-state index in [2.05, 4.69) is 5.32 Å². The van der Waals surface area contributed by atoms with Crippen LogP contribution in [0.25, 0.3) is 0 Å². The number of anilines is 1. The molecule has 0 spiro atoms. The summed E-state index contributed by atoms with van der Waals surface area (Å²) in [5.41, 5.74) is 2.97. The number of hydrogen-bond donors (Lipinski definition) is 2. The maximum absolute atomic E-state index is 13.9. The second-order valence-electron chi connectivity index (χ2n) is 6.29. The van der Waals surface area contributed by atoms with Crippen molar-refractivity contribution in [1.29, 1.82) is 0 Å². The summed E-state index contributed by atoms with van der Waals surface area (Å²) in [5, 5.41) is 2.18. The Balaban J connectivity index is 1.82. The minimum atomic E-state index is -4.55. The molecule has 0 aliphatic rings. The van der Waals surface area contributed by atoms with Gasteiger partial charge in [-0.25, -0.2) is 8.78 Å². The lowest BCUT2D eigenvalue weighted by molar-refractivity contribution is -0.137. The summed E-state index contributed by atoms with van der Waals surface area (Å²) in [6, 6.07) is 10.7. The number of primary amides is 1. The molecule has 0 saturated carbocycles. The zero-order chi connectivity index (χ0) is 22.8. The van der Waals surface area contributed by atoms with Crippen LogP contribution in [0.3, 0.4) is 0 Å². The van der Waals surface area contributed by atoms with Crippen molar-refractivity contribution in [2.75, 3.05) is 5.32 Å². The third-order valence-corrected chi connectivity index (χ3v) is 4.06. The normalized spacial score (nSPS) is 11.1. The fraction of sp³-hybridized carbons (Fsp3) is 0.0476. The lowest BCUT2D eigenvalue weighted by atomic mass is 10.1. The molecule has 10 heteroatoms. The molecule has 0 aromatic heterocycles. The van der Waals surface area contributed by atoms with Gasteiger partial charge in [0.25, 0.3) is 11.8 Å². The number of nitrogens with one attached hydrogen (secondary N) is 1. The van der Waals surface area contributed by atoms with E-state index in [9.17, 15) is 31.5 Å². The molecular formula is C21H13F5N2O3. The highest BCUT2D eigenvalue weighted by Crippen LogP contribution is 2.33. The molecule has 3 N–H and O–H groups in total. The summed E-state index contributed by atoms with van der Waals surface area (Å²) in [7, 11) is 0. The molecule has 3 aromatic carbocycles. The van der Waals surface area contributed by atoms with Gasteiger partial charge in [0.1, 0.15) is 23.1 Å². The molecule has 5 nitrogen and oxygen atoms in total. The van der Waals surface area contributed by atoms with E-state index in [0.29, 0.717) is 6.07 Å². The molecule has 0 aliphatic carbocycles. The van der Waals surface area contributed by atoms with E-state index >= 15 is 0 Å². The van der Waals surface area contributed by atoms with Crippen LogP contribution in [-0.2, 0) is 6.18 Å². The van der Waals surface area contributed by atoms with Crippen molar-refractivity contribution in [3.8, 4) is 11.5 Å². The molecule has 2 amide bonds. The highest BCUT2D eigenvalue weighted by Gasteiger charge is 2.30. The summed E-state index contributed by atoms with van der Waals surface area (Å²) >= 11 is 0. The lowest BCUT2D eigenvalue weighted by Crippen LogP contribution is -2.17. The first kappa shape index (κ1) is 21.8. The largest absolute Gasteiger partial charge is 0.457 e. The summed E-state index contributed by atoms with van der Waals surface area (Å²) < 4.78 is 71.4. The van der Waals surface area contributed by atoms with Crippen LogP contribution in [0.15, 0.2) is 60.7 Å². The molecule has 3 aromatic rings. The van der Waals surface area contributed by atoms with Gasteiger partial charge in [0.15, 0.2) is 0 Å². The van der Waals surface area contributed by atoms with Crippen molar-refractivity contribution in [2.24, 2.45) is 5.73 Å². The van der Waals surface area contributed by atoms with E-state index < -0.39 is 46.4 Å². The Kier molecular flexibility index (Phi) is 5.91. The molecule has 0 radical (unpaired) electrons. The minimum Gasteiger partial charge on any atom is -0.457 e. The number of amides is 2. The predicted molar refractivity (Wildman–Crippen MR) is 101 cm³/mol. The molecule has 0 saturated heterocycles. The minimum absolute atomic E-state index is 0.0335. The lowest BCUT2D eigenvalue weighted by Gasteiger charge is -2.11. The topological polar surface area (TPSA) is 81.4 Å². The van der Waals surface area contributed by atoms with E-state index in [1.54, 1.807) is 0 Å². The van der Waals surface area contributed by atoms with Crippen LogP contribution in [0.1, 0.15) is 26.3 Å². The molecule has 160 valence electrons. The Morgan fingerprint density at radius 2 is 1.52 bits per heavy atom. The number of carbonyl (C=O) groups excluding carboxylic acids is 2. The summed E-state index contributed by atoms with van der Waals surface area (Å²) in [6.45, 7) is 0. The Morgan fingerprint density at radius 3 is 2.16 bits per heavy atom. The average Bonchev–Trinajstić information content (AvgIpc) is 2.69. The van der Waals surface area contributed by atoms with Crippen LogP contribution in [0.2, 0.25) is 0 Å². The van der Waals surface area contributed by atoms with E-state index in [1.807, 2.05) is 0 Å². The van der Waals surface area contributed by atoms with E-state index in [0.717, 1.165) is 18.2 Å². The van der Waals surface area contributed by atoms with Gasteiger partial charge >= 0.3 is 6.18 Å². The van der Waals surface area contributed by atoms with Gasteiger partial charge in [0, 0.05) is 11.6 Å². The first-order chi connectivity index (χ1) is 14.5. The van der Waals surface area contributed by atoms with Crippen LogP contribution in [0, 0.1) is 11.6 Å². The molecule has 0 atom stereocenters. The molecule has 31 heavy (non-hydrogen) atoms. The fourth-order valence-electron chi connectivity index (χ4n) is 2.60. The number of nitrogens with two attached hydrogens (primary N) is 1. The van der Waals surface area contributed by atoms with Crippen LogP contribution in [0.5, 0.6) is 11.5 Å². The van der Waals surface area contributed by atoms with Gasteiger partial charge in [-0.1, -0.05) is 12.1 Å². The smallest absolute Gasteiger partial charge is 0.416 e. The SMILES string of the molecule is NC(=O)c1cc(NC(=O)c2cccc(Oc3cccc(C(F)(F)F)c3)c2)c(F)cc1F. The number of rotatable bonds is 5. The number of halogens is 5. The Morgan fingerprint density at radius 1 is 0.871 bits per heavy atom. The Bertz CT molecular complexity index is 1160. The predicted octanol–water partition coefficient (Wildman–Crippen LogP) is 5.13. The standard InChI is InChI=1S/C21H13F5N2O3/c22-16-10-17(23)18(9-15(16)19(27)29)28-20(30)11-3-1-5-13(7-11)31-14-6-2-4-12(8-14)21(24,25)26/h1-10H,(H2,27,29)(H,28,30). The van der Waals surface area contributed by atoms with Gasteiger partial charge in [-0.2, -0.15) is 13.2 Å². The van der Waals surface area contributed by atoms with Crippen molar-refractivity contribution in [3.63, 3.8) is 0 Å². The van der Waals surface area contributed by atoms with Gasteiger partial charge in [-0.3, -0.25) is 9.59 Å². The summed E-state index contributed by atoms with van der Waals surface area (Å²) in [6.07, 6.45) is -4.55. The zero-order valence-electron chi connectivity index (χ0n) is 15.5. The third kappa shape index (κ3) is 5.16. The molecule has 3 rings (SSSR count). The summed E-state index contributed by atoms with van der Waals surface area (Å²) in [4.78, 5) is 23.6. The van der Waals surface area contributed by atoms with Crippen molar-refractivity contribution in [1.82, 2.24) is 0 Å². The Hall–Kier alpha value is -3.95. The van der Waals surface area contributed by atoms with Crippen molar-refractivity contribution in [2.45, 2.75) is 6.18 Å². The molecule has 0 heterocycles. The Labute approximate surface area is 172 Å². The van der Waals surface area contributed by atoms with Crippen molar-refractivity contribution in [3.05, 3.63) is 89.0 Å². The average molecular weight is 436 g/mol. The van der Waals surface area contributed by atoms with Gasteiger partial charge < -0.3 is 15.8 Å². The van der Waals surface area contributed by atoms with Gasteiger partial charge in [-0.15, -0.1) is 0 Å². The van der Waals surface area contributed by atoms with E-state index in [4.69, 9.17) is 10.5 Å². The number of benzene rings is 3. The summed E-state index contributed by atoms with van der Waals surface area (Å²) in [5.74, 6) is -4.36. The monoisotopic (exact) mass is 436 g/mol. The fourth-order valence-corrected chi connectivity index (χ4v) is 2.60. The van der Waals surface area contributed by atoms with E-state index in [-0.39, 0.29) is 17.1 Å². The molecule has 0 unspecified atom stereocenters. The quantitative estimate of drug-likeness (QED) is 0.545. The zero-order valence-corrected chi connectivity index (χ0v) is 15.5. The maximum Gasteiger partial charge on any atom is 0.416 e. The van der Waals surface area contributed by atoms with E-state index in [1.165, 1.54) is 36.4 Å². The number of carbonyl (C=O) groups is 2. The van der Waals surface area contributed by atoms with Crippen LogP contribution >= 0.6 is 0 Å². The first-order valence-corrected chi connectivity index (χ1v) is 8.60. The third-order valence-electron chi connectivity index (χ3n) is 4.06. The second kappa shape index (κ2) is 8.42. The van der Waals surface area contributed by atoms with Crippen LogP contribution in [-0.4, -0.2) is 11.8 Å². The maximum atomic E-state index is 13.9. The molecule has 0 aliphatic heterocycles. The number of hydrogen-bond acceptors (Lipinski definition) is 3. The highest BCUT2D eigenvalue weighted by atomic mass is 19.4. The number of ether oxygens (including phenoxy) is 1. The second-order valence-corrected chi connectivity index (χ2v) is 6.29. The molecular weight excluding hydrogens is 423 g/mol. The van der Waals surface area contributed by atoms with Crippen LogP contribution in [0.4, 0.5) is 27.6 Å². The van der Waals surface area contributed by atoms with Crippen molar-refractivity contribution < 1.29 is 36.3 Å². The highest BCUT2D eigenvalue weighted by molar-refractivity contribution is 6.05.